The number of carbonyl (C=O) groups is 1. The molecule has 8 heteroatoms. The van der Waals surface area contributed by atoms with Gasteiger partial charge in [-0.1, -0.05) is 0 Å². The van der Waals surface area contributed by atoms with Gasteiger partial charge in [-0.05, 0) is 30.1 Å². The maximum Gasteiger partial charge on any atom is 0.239 e. The number of nitrogens with zero attached hydrogens (tertiary/aromatic N) is 3. The van der Waals surface area contributed by atoms with Crippen molar-refractivity contribution in [3.63, 3.8) is 0 Å². The van der Waals surface area contributed by atoms with Gasteiger partial charge >= 0.3 is 0 Å². The van der Waals surface area contributed by atoms with Gasteiger partial charge in [0.1, 0.15) is 0 Å². The molecule has 6 nitrogen and oxygen atoms in total. The average molecular weight is 250 g/mol. The molecule has 0 aromatic carbocycles. The van der Waals surface area contributed by atoms with Crippen molar-refractivity contribution in [3.05, 3.63) is 10.6 Å². The maximum atomic E-state index is 11.1. The first-order valence-electron chi connectivity index (χ1n) is 4.19. The SMILES string of the molecule is CCNC(=O)CNc1nc(Cl)nc(Cl)n1. The van der Waals surface area contributed by atoms with Crippen LogP contribution in [0.25, 0.3) is 0 Å². The Balaban J connectivity index is 2.54. The van der Waals surface area contributed by atoms with Gasteiger partial charge in [-0.2, -0.15) is 15.0 Å². The number of carbonyl (C=O) groups excluding carboxylic acids is 1. The lowest BCUT2D eigenvalue weighted by molar-refractivity contribution is -0.119. The van der Waals surface area contributed by atoms with Crippen LogP contribution in [0.15, 0.2) is 0 Å². The number of hydrogen-bond acceptors (Lipinski definition) is 5. The third-order valence-corrected chi connectivity index (χ3v) is 1.70. The second-order valence-electron chi connectivity index (χ2n) is 2.50. The van der Waals surface area contributed by atoms with Gasteiger partial charge in [0.25, 0.3) is 0 Å². The van der Waals surface area contributed by atoms with E-state index in [0.29, 0.717) is 6.54 Å². The van der Waals surface area contributed by atoms with E-state index in [4.69, 9.17) is 23.2 Å². The second kappa shape index (κ2) is 5.67. The summed E-state index contributed by atoms with van der Waals surface area (Å²) in [6.45, 7) is 2.46. The van der Waals surface area contributed by atoms with Gasteiger partial charge < -0.3 is 10.6 Å². The van der Waals surface area contributed by atoms with Crippen LogP contribution in [0.2, 0.25) is 10.6 Å². The average Bonchev–Trinajstić information content (AvgIpc) is 2.14. The summed E-state index contributed by atoms with van der Waals surface area (Å²) in [5, 5.41) is 5.23. The Morgan fingerprint density at radius 3 is 2.40 bits per heavy atom. The highest BCUT2D eigenvalue weighted by molar-refractivity contribution is 6.31. The first-order valence-corrected chi connectivity index (χ1v) is 4.95. The molecule has 0 spiro atoms. The number of nitrogens with one attached hydrogen (secondary N) is 2. The van der Waals surface area contributed by atoms with Crippen molar-refractivity contribution in [1.29, 1.82) is 0 Å². The fourth-order valence-electron chi connectivity index (χ4n) is 0.824. The minimum absolute atomic E-state index is 0.0200. The number of aromatic nitrogens is 3. The number of hydrogen-bond donors (Lipinski definition) is 2. The normalized spacial score (nSPS) is 9.80. The van der Waals surface area contributed by atoms with E-state index in [0.717, 1.165) is 0 Å². The van der Waals surface area contributed by atoms with Gasteiger partial charge in [0.2, 0.25) is 22.4 Å². The lowest BCUT2D eigenvalue weighted by Crippen LogP contribution is -2.29. The maximum absolute atomic E-state index is 11.1. The van der Waals surface area contributed by atoms with Gasteiger partial charge in [0.05, 0.1) is 6.54 Å². The van der Waals surface area contributed by atoms with E-state index in [2.05, 4.69) is 25.6 Å². The van der Waals surface area contributed by atoms with E-state index < -0.39 is 0 Å². The summed E-state index contributed by atoms with van der Waals surface area (Å²) >= 11 is 11.1. The molecule has 0 aliphatic carbocycles. The summed E-state index contributed by atoms with van der Waals surface area (Å²) in [7, 11) is 0. The first-order chi connectivity index (χ1) is 7.11. The van der Waals surface area contributed by atoms with Crippen LogP contribution in [0, 0.1) is 0 Å². The molecule has 0 aliphatic heterocycles. The molecular formula is C7H9Cl2N5O. The zero-order valence-electron chi connectivity index (χ0n) is 7.92. The van der Waals surface area contributed by atoms with Crippen LogP contribution in [0.5, 0.6) is 0 Å². The Morgan fingerprint density at radius 2 is 1.87 bits per heavy atom. The molecule has 82 valence electrons. The predicted molar refractivity (Wildman–Crippen MR) is 57.0 cm³/mol. The molecule has 1 rings (SSSR count). The van der Waals surface area contributed by atoms with Crippen LogP contribution in [0.4, 0.5) is 5.95 Å². The first kappa shape index (κ1) is 11.9. The Hall–Kier alpha value is -1.14. The molecular weight excluding hydrogens is 241 g/mol. The predicted octanol–water partition coefficient (Wildman–Crippen LogP) is 0.726. The van der Waals surface area contributed by atoms with Crippen molar-refractivity contribution in [2.45, 2.75) is 6.92 Å². The molecule has 0 atom stereocenters. The van der Waals surface area contributed by atoms with E-state index in [1.54, 1.807) is 0 Å². The van der Waals surface area contributed by atoms with Crippen molar-refractivity contribution in [2.75, 3.05) is 18.4 Å². The Labute approximate surface area is 96.4 Å². The van der Waals surface area contributed by atoms with E-state index in [1.165, 1.54) is 0 Å². The molecule has 1 aromatic heterocycles. The lowest BCUT2D eigenvalue weighted by Gasteiger charge is -2.04. The van der Waals surface area contributed by atoms with Gasteiger partial charge in [0.15, 0.2) is 0 Å². The molecule has 1 heterocycles. The van der Waals surface area contributed by atoms with Crippen molar-refractivity contribution in [2.24, 2.45) is 0 Å². The smallest absolute Gasteiger partial charge is 0.239 e. The van der Waals surface area contributed by atoms with E-state index in [1.807, 2.05) is 6.92 Å². The van der Waals surface area contributed by atoms with Crippen molar-refractivity contribution >= 4 is 35.1 Å². The molecule has 0 radical (unpaired) electrons. The van der Waals surface area contributed by atoms with Gasteiger partial charge in [-0.25, -0.2) is 0 Å². The van der Waals surface area contributed by atoms with Crippen LogP contribution >= 0.6 is 23.2 Å². The quantitative estimate of drug-likeness (QED) is 0.823. The zero-order valence-corrected chi connectivity index (χ0v) is 9.43. The number of amides is 1. The molecule has 2 N–H and O–H groups in total. The van der Waals surface area contributed by atoms with Crippen LogP contribution in [0.3, 0.4) is 0 Å². The van der Waals surface area contributed by atoms with E-state index in [-0.39, 0.29) is 29.0 Å². The van der Waals surface area contributed by atoms with Gasteiger partial charge in [-0.15, -0.1) is 0 Å². The van der Waals surface area contributed by atoms with Crippen LogP contribution in [0.1, 0.15) is 6.92 Å². The van der Waals surface area contributed by atoms with Crippen molar-refractivity contribution < 1.29 is 4.79 Å². The highest BCUT2D eigenvalue weighted by atomic mass is 35.5. The fraction of sp³-hybridized carbons (Fsp3) is 0.429. The topological polar surface area (TPSA) is 79.8 Å². The van der Waals surface area contributed by atoms with Gasteiger partial charge in [0, 0.05) is 6.54 Å². The number of anilines is 1. The van der Waals surface area contributed by atoms with Crippen LogP contribution in [-0.2, 0) is 4.79 Å². The van der Waals surface area contributed by atoms with Crippen LogP contribution in [-0.4, -0.2) is 33.9 Å². The molecule has 0 fully saturated rings. The monoisotopic (exact) mass is 249 g/mol. The van der Waals surface area contributed by atoms with Gasteiger partial charge in [-0.3, -0.25) is 4.79 Å². The van der Waals surface area contributed by atoms with Crippen molar-refractivity contribution in [3.8, 4) is 0 Å². The summed E-state index contributed by atoms with van der Waals surface area (Å²) in [5.41, 5.74) is 0. The lowest BCUT2D eigenvalue weighted by atomic mass is 10.5. The number of likely N-dealkylation sites (N-methyl/N-ethyl adjacent to an activating group) is 1. The number of rotatable bonds is 4. The number of halogens is 2. The molecule has 0 bridgehead atoms. The Kier molecular flexibility index (Phi) is 4.51. The summed E-state index contributed by atoms with van der Waals surface area (Å²) in [6, 6.07) is 0. The molecule has 0 saturated carbocycles. The summed E-state index contributed by atoms with van der Waals surface area (Å²) in [5.74, 6) is 0.0106. The summed E-state index contributed by atoms with van der Waals surface area (Å²) < 4.78 is 0. The third-order valence-electron chi connectivity index (χ3n) is 1.36. The van der Waals surface area contributed by atoms with Crippen molar-refractivity contribution in [1.82, 2.24) is 20.3 Å². The highest BCUT2D eigenvalue weighted by Crippen LogP contribution is 2.08. The Bertz CT molecular complexity index is 339. The molecule has 0 aliphatic rings. The van der Waals surface area contributed by atoms with E-state index in [9.17, 15) is 4.79 Å². The zero-order chi connectivity index (χ0) is 11.3. The summed E-state index contributed by atoms with van der Waals surface area (Å²) in [6.07, 6.45) is 0. The largest absolute Gasteiger partial charge is 0.355 e. The molecule has 0 saturated heterocycles. The fourth-order valence-corrected chi connectivity index (χ4v) is 1.19. The Morgan fingerprint density at radius 1 is 1.27 bits per heavy atom. The minimum atomic E-state index is -0.162. The molecule has 1 amide bonds. The minimum Gasteiger partial charge on any atom is -0.355 e. The van der Waals surface area contributed by atoms with E-state index >= 15 is 0 Å². The molecule has 15 heavy (non-hydrogen) atoms. The summed E-state index contributed by atoms with van der Waals surface area (Å²) in [4.78, 5) is 22.1. The highest BCUT2D eigenvalue weighted by Gasteiger charge is 2.04. The second-order valence-corrected chi connectivity index (χ2v) is 3.18. The molecule has 0 unspecified atom stereocenters. The molecule has 1 aromatic rings. The third kappa shape index (κ3) is 4.26. The standard InChI is InChI=1S/C7H9Cl2N5O/c1-2-10-4(15)3-11-7-13-5(8)12-6(9)14-7/h2-3H2,1H3,(H,10,15)(H,11,12,13,14). The van der Waals surface area contributed by atoms with Crippen LogP contribution < -0.4 is 10.6 Å².